The van der Waals surface area contributed by atoms with E-state index in [1.165, 1.54) is 14.1 Å². The number of aliphatic hydroxyl groups excluding tert-OH is 1. The summed E-state index contributed by atoms with van der Waals surface area (Å²) >= 11 is 0. The Kier molecular flexibility index (Phi) is 5.73. The zero-order chi connectivity index (χ0) is 12.1. The monoisotopic (exact) mass is 240 g/mol. The van der Waals surface area contributed by atoms with Crippen LogP contribution in [-0.4, -0.2) is 67.0 Å². The zero-order valence-corrected chi connectivity index (χ0v) is 9.57. The molecule has 0 aromatic heterocycles. The number of hydrogen-bond donors (Lipinski definition) is 2. The van der Waals surface area contributed by atoms with Crippen LogP contribution in [0.3, 0.4) is 0 Å². The van der Waals surface area contributed by atoms with Crippen LogP contribution in [0.15, 0.2) is 0 Å². The number of carboxylic acids is 1. The molecule has 0 radical (unpaired) electrons. The first-order chi connectivity index (χ1) is 6.82. The van der Waals surface area contributed by atoms with Crippen LogP contribution in [0.4, 0.5) is 0 Å². The molecule has 0 aromatic carbocycles. The molecule has 0 saturated heterocycles. The van der Waals surface area contributed by atoms with Gasteiger partial charge >= 0.3 is 5.97 Å². The summed E-state index contributed by atoms with van der Waals surface area (Å²) in [5, 5.41) is 17.0. The van der Waals surface area contributed by atoms with Crippen LogP contribution in [0.5, 0.6) is 0 Å². The van der Waals surface area contributed by atoms with Gasteiger partial charge in [-0.05, 0) is 0 Å². The minimum atomic E-state index is -3.65. The average Bonchev–Trinajstić information content (AvgIpc) is 2.14. The fraction of sp³-hybridized carbons (Fsp3) is 0.857. The minimum absolute atomic E-state index is 0.0141. The largest absolute Gasteiger partial charge is 0.481 e. The fourth-order valence-corrected chi connectivity index (χ4v) is 1.97. The SMILES string of the molecule is CN(CCO)S(=O)(=O)N(C)CCC(=O)O. The Morgan fingerprint density at radius 3 is 2.07 bits per heavy atom. The topological polar surface area (TPSA) is 98.2 Å². The second-order valence-electron chi connectivity index (χ2n) is 3.02. The van der Waals surface area contributed by atoms with Gasteiger partial charge in [0.25, 0.3) is 10.2 Å². The molecule has 0 aliphatic rings. The number of carboxylic acid groups (broad SMARTS) is 1. The van der Waals surface area contributed by atoms with Gasteiger partial charge < -0.3 is 10.2 Å². The molecular formula is C7H16N2O5S. The first-order valence-corrected chi connectivity index (χ1v) is 5.72. The molecule has 0 aliphatic carbocycles. The number of rotatable bonds is 7. The molecule has 0 saturated carbocycles. The molecule has 2 N–H and O–H groups in total. The van der Waals surface area contributed by atoms with Crippen molar-refractivity contribution < 1.29 is 23.4 Å². The van der Waals surface area contributed by atoms with Crippen molar-refractivity contribution in [2.24, 2.45) is 0 Å². The van der Waals surface area contributed by atoms with Crippen LogP contribution < -0.4 is 0 Å². The van der Waals surface area contributed by atoms with Crippen LogP contribution in [0, 0.1) is 0 Å². The summed E-state index contributed by atoms with van der Waals surface area (Å²) in [5.74, 6) is -1.05. The van der Waals surface area contributed by atoms with Crippen molar-refractivity contribution in [3.63, 3.8) is 0 Å². The molecule has 0 aliphatic heterocycles. The van der Waals surface area contributed by atoms with Crippen LogP contribution in [0.2, 0.25) is 0 Å². The highest BCUT2D eigenvalue weighted by Crippen LogP contribution is 2.03. The highest BCUT2D eigenvalue weighted by atomic mass is 32.2. The number of aliphatic carboxylic acids is 1. The Bertz CT molecular complexity index is 303. The van der Waals surface area contributed by atoms with Gasteiger partial charge in [0, 0.05) is 27.2 Å². The number of aliphatic hydroxyl groups is 1. The second kappa shape index (κ2) is 6.01. The van der Waals surface area contributed by atoms with E-state index in [2.05, 4.69) is 0 Å². The van der Waals surface area contributed by atoms with Crippen molar-refractivity contribution in [2.45, 2.75) is 6.42 Å². The molecule has 0 amide bonds. The lowest BCUT2D eigenvalue weighted by atomic mass is 10.4. The van der Waals surface area contributed by atoms with Crippen molar-refractivity contribution in [1.29, 1.82) is 0 Å². The van der Waals surface area contributed by atoms with Crippen LogP contribution in [-0.2, 0) is 15.0 Å². The van der Waals surface area contributed by atoms with Crippen molar-refractivity contribution in [3.05, 3.63) is 0 Å². The third-order valence-corrected chi connectivity index (χ3v) is 3.78. The summed E-state index contributed by atoms with van der Waals surface area (Å²) < 4.78 is 25.1. The number of hydrogen-bond acceptors (Lipinski definition) is 4. The maximum atomic E-state index is 11.6. The Hall–Kier alpha value is -0.700. The van der Waals surface area contributed by atoms with Crippen molar-refractivity contribution in [2.75, 3.05) is 33.8 Å². The molecule has 0 unspecified atom stereocenters. The molecule has 0 spiro atoms. The van der Waals surface area contributed by atoms with E-state index in [0.717, 1.165) is 8.61 Å². The predicted octanol–water partition coefficient (Wildman–Crippen LogP) is -1.44. The maximum absolute atomic E-state index is 11.6. The van der Waals surface area contributed by atoms with E-state index in [9.17, 15) is 13.2 Å². The van der Waals surface area contributed by atoms with Gasteiger partial charge in [-0.25, -0.2) is 0 Å². The molecule has 90 valence electrons. The lowest BCUT2D eigenvalue weighted by Crippen LogP contribution is -2.41. The Morgan fingerprint density at radius 2 is 1.67 bits per heavy atom. The molecule has 0 fully saturated rings. The van der Waals surface area contributed by atoms with E-state index >= 15 is 0 Å². The third kappa shape index (κ3) is 4.56. The number of likely N-dealkylation sites (N-methyl/N-ethyl adjacent to an activating group) is 1. The number of nitrogens with zero attached hydrogens (tertiary/aromatic N) is 2. The molecule has 0 rings (SSSR count). The standard InChI is InChI=1S/C7H16N2O5S/c1-8(4-3-7(11)12)15(13,14)9(2)5-6-10/h10H,3-6H2,1-2H3,(H,11,12). The smallest absolute Gasteiger partial charge is 0.304 e. The Morgan fingerprint density at radius 1 is 1.20 bits per heavy atom. The van der Waals surface area contributed by atoms with Crippen LogP contribution in [0.1, 0.15) is 6.42 Å². The van der Waals surface area contributed by atoms with Gasteiger partial charge in [-0.15, -0.1) is 0 Å². The van der Waals surface area contributed by atoms with Gasteiger partial charge in [-0.3, -0.25) is 4.79 Å². The van der Waals surface area contributed by atoms with Gasteiger partial charge in [0.05, 0.1) is 13.0 Å². The maximum Gasteiger partial charge on any atom is 0.304 e. The molecule has 7 nitrogen and oxygen atoms in total. The fourth-order valence-electron chi connectivity index (χ4n) is 0.863. The van der Waals surface area contributed by atoms with Gasteiger partial charge in [0.1, 0.15) is 0 Å². The summed E-state index contributed by atoms with van der Waals surface area (Å²) in [6.45, 7) is -0.379. The summed E-state index contributed by atoms with van der Waals surface area (Å²) in [4.78, 5) is 10.3. The van der Waals surface area contributed by atoms with Crippen molar-refractivity contribution in [1.82, 2.24) is 8.61 Å². The highest BCUT2D eigenvalue weighted by molar-refractivity contribution is 7.86. The molecule has 0 aromatic rings. The Labute approximate surface area is 89.1 Å². The van der Waals surface area contributed by atoms with Crippen LogP contribution in [0.25, 0.3) is 0 Å². The first kappa shape index (κ1) is 14.3. The normalized spacial score (nSPS) is 12.3. The van der Waals surface area contributed by atoms with Crippen molar-refractivity contribution in [3.8, 4) is 0 Å². The van der Waals surface area contributed by atoms with Gasteiger partial charge in [0.15, 0.2) is 0 Å². The van der Waals surface area contributed by atoms with Gasteiger partial charge in [0.2, 0.25) is 0 Å². The molecule has 0 heterocycles. The molecule has 0 bridgehead atoms. The zero-order valence-electron chi connectivity index (χ0n) is 8.75. The quantitative estimate of drug-likeness (QED) is 0.568. The van der Waals surface area contributed by atoms with Crippen molar-refractivity contribution >= 4 is 16.2 Å². The van der Waals surface area contributed by atoms with E-state index < -0.39 is 16.2 Å². The minimum Gasteiger partial charge on any atom is -0.481 e. The molecule has 15 heavy (non-hydrogen) atoms. The lowest BCUT2D eigenvalue weighted by molar-refractivity contribution is -0.137. The predicted molar refractivity (Wildman–Crippen MR) is 53.5 cm³/mol. The second-order valence-corrected chi connectivity index (χ2v) is 5.16. The summed E-state index contributed by atoms with van der Waals surface area (Å²) in [6, 6.07) is 0. The molecule has 0 atom stereocenters. The first-order valence-electron chi connectivity index (χ1n) is 4.32. The molecular weight excluding hydrogens is 224 g/mol. The summed E-state index contributed by atoms with van der Waals surface area (Å²) in [7, 11) is -1.03. The van der Waals surface area contributed by atoms with E-state index in [0.29, 0.717) is 0 Å². The van der Waals surface area contributed by atoms with Crippen LogP contribution >= 0.6 is 0 Å². The van der Waals surface area contributed by atoms with Gasteiger partial charge in [-0.2, -0.15) is 17.0 Å². The third-order valence-electron chi connectivity index (χ3n) is 1.84. The van der Waals surface area contributed by atoms with E-state index in [1.807, 2.05) is 0 Å². The Balaban J connectivity index is 4.38. The average molecular weight is 240 g/mol. The lowest BCUT2D eigenvalue weighted by Gasteiger charge is -2.23. The van der Waals surface area contributed by atoms with E-state index in [-0.39, 0.29) is 26.1 Å². The summed E-state index contributed by atoms with van der Waals surface area (Å²) in [5.41, 5.74) is 0. The van der Waals surface area contributed by atoms with E-state index in [4.69, 9.17) is 10.2 Å². The van der Waals surface area contributed by atoms with Gasteiger partial charge in [-0.1, -0.05) is 0 Å². The van der Waals surface area contributed by atoms with E-state index in [1.54, 1.807) is 0 Å². The highest BCUT2D eigenvalue weighted by Gasteiger charge is 2.23. The summed E-state index contributed by atoms with van der Waals surface area (Å²) in [6.07, 6.45) is -0.247. The number of carbonyl (C=O) groups is 1. The molecule has 8 heteroatoms.